The Balaban J connectivity index is 1.84. The number of rotatable bonds is 7. The van der Waals surface area contributed by atoms with Crippen LogP contribution in [0.1, 0.15) is 5.56 Å². The smallest absolute Gasteiger partial charge is 0.162 e. The van der Waals surface area contributed by atoms with Crippen LogP contribution in [0.25, 0.3) is 0 Å². The highest BCUT2D eigenvalue weighted by Gasteiger charge is 2.30. The second-order valence-electron chi connectivity index (χ2n) is 5.76. The van der Waals surface area contributed by atoms with Gasteiger partial charge in [-0.25, -0.2) is 0 Å². The highest BCUT2D eigenvalue weighted by Crippen LogP contribution is 2.06. The number of allylic oxidation sites excluding steroid dienone is 1. The number of carbonyl (C=O) groups is 1. The third kappa shape index (κ3) is 4.51. The van der Waals surface area contributed by atoms with Crippen LogP contribution in [0.15, 0.2) is 72.8 Å². The van der Waals surface area contributed by atoms with Crippen molar-refractivity contribution in [1.29, 1.82) is 0 Å². The molecule has 0 heterocycles. The fourth-order valence-electron chi connectivity index (χ4n) is 2.18. The van der Waals surface area contributed by atoms with E-state index in [-0.39, 0.29) is 5.41 Å². The Morgan fingerprint density at radius 3 is 2.23 bits per heavy atom. The van der Waals surface area contributed by atoms with E-state index in [0.29, 0.717) is 13.2 Å². The average Bonchev–Trinajstić information content (AvgIpc) is 2.56. The summed E-state index contributed by atoms with van der Waals surface area (Å²) in [6.45, 7) is 5.19. The molecule has 0 atom stereocenters. The van der Waals surface area contributed by atoms with Crippen molar-refractivity contribution >= 4 is 18.7 Å². The molecule has 22 heavy (non-hydrogen) atoms. The van der Waals surface area contributed by atoms with Gasteiger partial charge in [-0.2, -0.15) is 0 Å². The number of benzene rings is 2. The second kappa shape index (κ2) is 7.87. The number of ether oxygens (including phenoxy) is 1. The molecule has 0 saturated carbocycles. The molecular formula is C19H22O2Si. The van der Waals surface area contributed by atoms with Crippen LogP contribution in [-0.4, -0.2) is 20.1 Å². The van der Waals surface area contributed by atoms with Gasteiger partial charge in [0.05, 0.1) is 13.2 Å². The minimum atomic E-state index is -2.09. The first-order valence-corrected chi connectivity index (χ1v) is 10.5. The van der Waals surface area contributed by atoms with E-state index in [1.807, 2.05) is 66.7 Å². The van der Waals surface area contributed by atoms with Gasteiger partial charge in [0, 0.05) is 0 Å². The molecule has 3 heteroatoms. The van der Waals surface area contributed by atoms with E-state index in [2.05, 4.69) is 13.1 Å². The fraction of sp³-hybridized carbons (Fsp3) is 0.211. The van der Waals surface area contributed by atoms with Crippen LogP contribution in [-0.2, 0) is 16.1 Å². The van der Waals surface area contributed by atoms with Gasteiger partial charge in [-0.1, -0.05) is 85.0 Å². The maximum Gasteiger partial charge on any atom is 0.162 e. The van der Waals surface area contributed by atoms with Crippen molar-refractivity contribution in [1.82, 2.24) is 0 Å². The van der Waals surface area contributed by atoms with Crippen LogP contribution in [0.4, 0.5) is 0 Å². The van der Waals surface area contributed by atoms with Crippen molar-refractivity contribution in [2.45, 2.75) is 19.7 Å². The highest BCUT2D eigenvalue weighted by molar-refractivity contribution is 7.14. The van der Waals surface area contributed by atoms with Gasteiger partial charge in [0.1, 0.15) is 5.41 Å². The molecule has 0 saturated heterocycles. The molecular weight excluding hydrogens is 288 g/mol. The largest absolute Gasteiger partial charge is 0.373 e. The van der Waals surface area contributed by atoms with Gasteiger partial charge in [0.15, 0.2) is 8.07 Å². The van der Waals surface area contributed by atoms with Crippen LogP contribution < -0.4 is 5.19 Å². The van der Waals surface area contributed by atoms with Gasteiger partial charge in [-0.3, -0.25) is 0 Å². The summed E-state index contributed by atoms with van der Waals surface area (Å²) in [7, 11) is -2.09. The molecule has 0 N–H and O–H groups in total. The van der Waals surface area contributed by atoms with Crippen molar-refractivity contribution in [3.05, 3.63) is 78.4 Å². The normalized spacial score (nSPS) is 11.7. The van der Waals surface area contributed by atoms with Crippen molar-refractivity contribution in [2.24, 2.45) is 0 Å². The number of carbonyl (C=O) groups excluding carboxylic acids is 1. The summed E-state index contributed by atoms with van der Waals surface area (Å²) in [5.41, 5.74) is 1.14. The molecule has 114 valence electrons. The van der Waals surface area contributed by atoms with E-state index in [9.17, 15) is 4.79 Å². The zero-order chi connectivity index (χ0) is 15.8. The Labute approximate surface area is 133 Å². The third-order valence-corrected chi connectivity index (χ3v) is 6.88. The van der Waals surface area contributed by atoms with Crippen LogP contribution in [0.5, 0.6) is 0 Å². The first kappa shape index (κ1) is 16.4. The maximum absolute atomic E-state index is 12.4. The molecule has 2 rings (SSSR count). The lowest BCUT2D eigenvalue weighted by molar-refractivity contribution is -0.108. The van der Waals surface area contributed by atoms with Gasteiger partial charge < -0.3 is 9.53 Å². The van der Waals surface area contributed by atoms with Gasteiger partial charge >= 0.3 is 0 Å². The summed E-state index contributed by atoms with van der Waals surface area (Å²) >= 11 is 0. The van der Waals surface area contributed by atoms with E-state index < -0.39 is 8.07 Å². The molecule has 0 aliphatic rings. The lowest BCUT2D eigenvalue weighted by Gasteiger charge is -2.19. The Morgan fingerprint density at radius 1 is 1.00 bits per heavy atom. The molecule has 0 aromatic heterocycles. The van der Waals surface area contributed by atoms with Gasteiger partial charge in [0.25, 0.3) is 0 Å². The monoisotopic (exact) mass is 310 g/mol. The van der Waals surface area contributed by atoms with Crippen molar-refractivity contribution < 1.29 is 9.53 Å². The fourth-order valence-corrected chi connectivity index (χ4v) is 4.02. The predicted octanol–water partition coefficient (Wildman–Crippen LogP) is 3.48. The van der Waals surface area contributed by atoms with Crippen molar-refractivity contribution in [3.63, 3.8) is 0 Å². The lowest BCUT2D eigenvalue weighted by atomic mass is 10.2. The Bertz CT molecular complexity index is 618. The van der Waals surface area contributed by atoms with Crippen LogP contribution in [0, 0.1) is 0 Å². The standard InChI is InChI=1S/C19H22O2Si/c1-22(2,18-12-7-4-8-13-18)19(20)14-9-15-21-16-17-10-5-3-6-11-17/h3-14H,15-16H2,1-2H3/b14-9+. The van der Waals surface area contributed by atoms with E-state index in [1.165, 1.54) is 0 Å². The first-order valence-electron chi connectivity index (χ1n) is 7.49. The zero-order valence-electron chi connectivity index (χ0n) is 13.2. The quantitative estimate of drug-likeness (QED) is 0.444. The molecule has 0 spiro atoms. The topological polar surface area (TPSA) is 26.3 Å². The molecule has 0 unspecified atom stereocenters. The Morgan fingerprint density at radius 2 is 1.59 bits per heavy atom. The number of hydrogen-bond acceptors (Lipinski definition) is 2. The van der Waals surface area contributed by atoms with Crippen LogP contribution in [0.3, 0.4) is 0 Å². The summed E-state index contributed by atoms with van der Waals surface area (Å²) in [6.07, 6.45) is 3.51. The zero-order valence-corrected chi connectivity index (χ0v) is 14.2. The highest BCUT2D eigenvalue weighted by atomic mass is 28.3. The van der Waals surface area contributed by atoms with Crippen LogP contribution in [0.2, 0.25) is 13.1 Å². The molecule has 2 nitrogen and oxygen atoms in total. The molecule has 0 aliphatic heterocycles. The molecule has 2 aromatic carbocycles. The minimum absolute atomic E-state index is 0.224. The van der Waals surface area contributed by atoms with E-state index in [0.717, 1.165) is 10.8 Å². The van der Waals surface area contributed by atoms with Crippen LogP contribution >= 0.6 is 0 Å². The first-order chi connectivity index (χ1) is 10.6. The Kier molecular flexibility index (Phi) is 5.87. The van der Waals surface area contributed by atoms with E-state index in [1.54, 1.807) is 6.08 Å². The summed E-state index contributed by atoms with van der Waals surface area (Å²) < 4.78 is 5.56. The van der Waals surface area contributed by atoms with Crippen molar-refractivity contribution in [3.8, 4) is 0 Å². The van der Waals surface area contributed by atoms with Crippen molar-refractivity contribution in [2.75, 3.05) is 6.61 Å². The Hall–Kier alpha value is -1.97. The van der Waals surface area contributed by atoms with E-state index in [4.69, 9.17) is 4.74 Å². The molecule has 0 radical (unpaired) electrons. The predicted molar refractivity (Wildman–Crippen MR) is 93.8 cm³/mol. The molecule has 0 bridgehead atoms. The minimum Gasteiger partial charge on any atom is -0.373 e. The SMILES string of the molecule is C[Si](C)(C(=O)/C=C/COCc1ccccc1)c1ccccc1. The molecule has 2 aromatic rings. The maximum atomic E-state index is 12.4. The second-order valence-corrected chi connectivity index (χ2v) is 10.1. The third-order valence-electron chi connectivity index (χ3n) is 3.71. The van der Waals surface area contributed by atoms with Gasteiger partial charge in [-0.15, -0.1) is 0 Å². The summed E-state index contributed by atoms with van der Waals surface area (Å²) in [5, 5.41) is 1.39. The van der Waals surface area contributed by atoms with Gasteiger partial charge in [-0.05, 0) is 11.6 Å². The molecule has 0 fully saturated rings. The molecule has 0 aliphatic carbocycles. The molecule has 0 amide bonds. The van der Waals surface area contributed by atoms with E-state index >= 15 is 0 Å². The summed E-state index contributed by atoms with van der Waals surface area (Å²) in [4.78, 5) is 12.4. The average molecular weight is 310 g/mol. The lowest BCUT2D eigenvalue weighted by Crippen LogP contribution is -2.48. The number of hydrogen-bond donors (Lipinski definition) is 0. The summed E-state index contributed by atoms with van der Waals surface area (Å²) in [6, 6.07) is 20.1. The summed E-state index contributed by atoms with van der Waals surface area (Å²) in [5.74, 6) is 0. The van der Waals surface area contributed by atoms with Gasteiger partial charge in [0.2, 0.25) is 0 Å².